The van der Waals surface area contributed by atoms with E-state index < -0.39 is 11.7 Å². The summed E-state index contributed by atoms with van der Waals surface area (Å²) in [5.41, 5.74) is -0.449. The van der Waals surface area contributed by atoms with E-state index in [0.29, 0.717) is 5.39 Å². The number of rotatable bonds is 1. The topological polar surface area (TPSA) is 15.8 Å². The largest absolute Gasteiger partial charge is 0.418 e. The van der Waals surface area contributed by atoms with Gasteiger partial charge in [0.25, 0.3) is 0 Å². The van der Waals surface area contributed by atoms with Crippen molar-refractivity contribution in [2.75, 3.05) is 6.26 Å². The van der Waals surface area contributed by atoms with Crippen molar-refractivity contribution in [3.05, 3.63) is 30.0 Å². The molecule has 0 saturated carbocycles. The van der Waals surface area contributed by atoms with Gasteiger partial charge in [-0.05, 0) is 12.3 Å². The average molecular weight is 231 g/mol. The third-order valence-corrected chi connectivity index (χ3v) is 2.98. The first-order valence-electron chi connectivity index (χ1n) is 4.25. The summed E-state index contributed by atoms with van der Waals surface area (Å²) < 4.78 is 37.8. The first-order chi connectivity index (χ1) is 7.04. The number of nitrogens with one attached hydrogen (secondary N) is 1. The molecule has 0 saturated heterocycles. The highest BCUT2D eigenvalue weighted by Gasteiger charge is 2.33. The summed E-state index contributed by atoms with van der Waals surface area (Å²) in [5, 5.41) is 0.623. The Morgan fingerprint density at radius 1 is 1.27 bits per heavy atom. The van der Waals surface area contributed by atoms with E-state index in [0.717, 1.165) is 11.0 Å². The molecule has 2 aromatic rings. The highest BCUT2D eigenvalue weighted by molar-refractivity contribution is 7.98. The highest BCUT2D eigenvalue weighted by Crippen LogP contribution is 2.36. The van der Waals surface area contributed by atoms with E-state index in [1.807, 2.05) is 6.26 Å². The van der Waals surface area contributed by atoms with Crippen LogP contribution in [-0.4, -0.2) is 11.2 Å². The maximum Gasteiger partial charge on any atom is 0.418 e. The lowest BCUT2D eigenvalue weighted by Crippen LogP contribution is -2.05. The van der Waals surface area contributed by atoms with Gasteiger partial charge in [0, 0.05) is 16.5 Å². The fraction of sp³-hybridized carbons (Fsp3) is 0.200. The molecule has 5 heteroatoms. The first kappa shape index (κ1) is 10.4. The van der Waals surface area contributed by atoms with Crippen LogP contribution in [0.5, 0.6) is 0 Å². The number of para-hydroxylation sites is 1. The molecule has 0 radical (unpaired) electrons. The predicted octanol–water partition coefficient (Wildman–Crippen LogP) is 3.91. The fourth-order valence-electron chi connectivity index (χ4n) is 1.53. The molecule has 0 bridgehead atoms. The minimum Gasteiger partial charge on any atom is -0.360 e. The summed E-state index contributed by atoms with van der Waals surface area (Å²) in [6.07, 6.45) is -0.868. The second-order valence-corrected chi connectivity index (χ2v) is 3.93. The van der Waals surface area contributed by atoms with Gasteiger partial charge in [-0.15, -0.1) is 11.8 Å². The molecule has 15 heavy (non-hydrogen) atoms. The van der Waals surface area contributed by atoms with Crippen molar-refractivity contribution in [3.8, 4) is 0 Å². The molecule has 0 aliphatic rings. The van der Waals surface area contributed by atoms with Crippen LogP contribution < -0.4 is 0 Å². The maximum atomic E-state index is 12.6. The lowest BCUT2D eigenvalue weighted by Gasteiger charge is -2.07. The molecule has 2 rings (SSSR count). The third-order valence-electron chi connectivity index (χ3n) is 2.20. The van der Waals surface area contributed by atoms with Crippen LogP contribution in [0.25, 0.3) is 10.9 Å². The van der Waals surface area contributed by atoms with E-state index in [1.54, 1.807) is 12.3 Å². The number of thioether (sulfide) groups is 1. The Hall–Kier alpha value is -1.10. The van der Waals surface area contributed by atoms with Gasteiger partial charge in [0.05, 0.1) is 11.1 Å². The Labute approximate surface area is 88.7 Å². The summed E-state index contributed by atoms with van der Waals surface area (Å²) in [6.45, 7) is 0. The van der Waals surface area contributed by atoms with Crippen LogP contribution in [0.2, 0.25) is 0 Å². The zero-order valence-corrected chi connectivity index (χ0v) is 8.67. The van der Waals surface area contributed by atoms with Crippen molar-refractivity contribution in [1.82, 2.24) is 4.98 Å². The summed E-state index contributed by atoms with van der Waals surface area (Å²) in [4.78, 5) is 3.50. The van der Waals surface area contributed by atoms with Gasteiger partial charge in [-0.1, -0.05) is 12.1 Å². The summed E-state index contributed by atoms with van der Waals surface area (Å²) in [7, 11) is 0. The predicted molar refractivity (Wildman–Crippen MR) is 55.1 cm³/mol. The van der Waals surface area contributed by atoms with Crippen LogP contribution >= 0.6 is 11.8 Å². The van der Waals surface area contributed by atoms with E-state index >= 15 is 0 Å². The molecule has 1 aromatic carbocycles. The van der Waals surface area contributed by atoms with Crippen LogP contribution in [0.4, 0.5) is 13.2 Å². The molecule has 1 N–H and O–H groups in total. The molecular weight excluding hydrogens is 223 g/mol. The number of fused-ring (bicyclic) bond motifs is 1. The number of hydrogen-bond acceptors (Lipinski definition) is 1. The van der Waals surface area contributed by atoms with Crippen LogP contribution in [0.1, 0.15) is 5.56 Å². The number of aromatic amines is 1. The van der Waals surface area contributed by atoms with Crippen LogP contribution in [0.15, 0.2) is 29.3 Å². The number of aromatic nitrogens is 1. The van der Waals surface area contributed by atoms with Gasteiger partial charge in [0.1, 0.15) is 0 Å². The Kier molecular flexibility index (Phi) is 2.42. The van der Waals surface area contributed by atoms with Gasteiger partial charge < -0.3 is 4.98 Å². The lowest BCUT2D eigenvalue weighted by atomic mass is 10.1. The van der Waals surface area contributed by atoms with Crippen molar-refractivity contribution >= 4 is 22.7 Å². The summed E-state index contributed by atoms with van der Waals surface area (Å²) in [5.74, 6) is 0. The highest BCUT2D eigenvalue weighted by atomic mass is 32.2. The molecular formula is C10H8F3NS. The number of hydrogen-bond donors (Lipinski definition) is 1. The second-order valence-electron chi connectivity index (χ2n) is 3.08. The minimum atomic E-state index is -4.31. The molecule has 0 fully saturated rings. The zero-order chi connectivity index (χ0) is 11.1. The quantitative estimate of drug-likeness (QED) is 0.736. The summed E-state index contributed by atoms with van der Waals surface area (Å²) >= 11 is 1.43. The molecule has 1 nitrogen and oxygen atoms in total. The summed E-state index contributed by atoms with van der Waals surface area (Å²) in [6, 6.07) is 4.20. The monoisotopic (exact) mass is 231 g/mol. The van der Waals surface area contributed by atoms with E-state index in [1.165, 1.54) is 17.8 Å². The Balaban J connectivity index is 2.73. The van der Waals surface area contributed by atoms with E-state index in [4.69, 9.17) is 0 Å². The van der Waals surface area contributed by atoms with Gasteiger partial charge in [-0.25, -0.2) is 0 Å². The van der Waals surface area contributed by atoms with Crippen LogP contribution in [0.3, 0.4) is 0 Å². The average Bonchev–Trinajstić information content (AvgIpc) is 2.58. The van der Waals surface area contributed by atoms with Gasteiger partial charge in [0.2, 0.25) is 0 Å². The fourth-order valence-corrected chi connectivity index (χ4v) is 2.10. The lowest BCUT2D eigenvalue weighted by molar-refractivity contribution is -0.136. The number of alkyl halides is 3. The van der Waals surface area contributed by atoms with Crippen LogP contribution in [-0.2, 0) is 6.18 Å². The van der Waals surface area contributed by atoms with Gasteiger partial charge in [0.15, 0.2) is 0 Å². The van der Waals surface area contributed by atoms with Crippen molar-refractivity contribution in [2.45, 2.75) is 11.1 Å². The van der Waals surface area contributed by atoms with E-state index in [-0.39, 0.29) is 5.52 Å². The molecule has 1 aromatic heterocycles. The van der Waals surface area contributed by atoms with E-state index in [9.17, 15) is 13.2 Å². The smallest absolute Gasteiger partial charge is 0.360 e. The molecule has 0 unspecified atom stereocenters. The first-order valence-corrected chi connectivity index (χ1v) is 5.48. The van der Waals surface area contributed by atoms with Gasteiger partial charge >= 0.3 is 6.18 Å². The molecule has 1 heterocycles. The number of H-pyrrole nitrogens is 1. The zero-order valence-electron chi connectivity index (χ0n) is 7.85. The van der Waals surface area contributed by atoms with Gasteiger partial charge in [-0.3, -0.25) is 0 Å². The standard InChI is InChI=1S/C10H8F3NS/c1-15-8-5-14-9-6(8)3-2-4-7(9)10(11,12)13/h2-5,14H,1H3. The van der Waals surface area contributed by atoms with E-state index in [2.05, 4.69) is 4.98 Å². The van der Waals surface area contributed by atoms with Crippen LogP contribution in [0, 0.1) is 0 Å². The molecule has 0 spiro atoms. The van der Waals surface area contributed by atoms with Crippen molar-refractivity contribution < 1.29 is 13.2 Å². The maximum absolute atomic E-state index is 12.6. The molecule has 80 valence electrons. The SMILES string of the molecule is CSc1c[nH]c2c(C(F)(F)F)cccc12. The second kappa shape index (κ2) is 3.48. The number of benzene rings is 1. The van der Waals surface area contributed by atoms with Crippen molar-refractivity contribution in [1.29, 1.82) is 0 Å². The number of halogens is 3. The van der Waals surface area contributed by atoms with Crippen molar-refractivity contribution in [2.24, 2.45) is 0 Å². The molecule has 0 atom stereocenters. The van der Waals surface area contributed by atoms with Gasteiger partial charge in [-0.2, -0.15) is 13.2 Å². The molecule has 0 aliphatic carbocycles. The third kappa shape index (κ3) is 1.71. The molecule has 0 aliphatic heterocycles. The van der Waals surface area contributed by atoms with Crippen molar-refractivity contribution in [3.63, 3.8) is 0 Å². The molecule has 0 amide bonds. The Bertz CT molecular complexity index is 487. The minimum absolute atomic E-state index is 0.161. The Morgan fingerprint density at radius 2 is 2.00 bits per heavy atom. The Morgan fingerprint density at radius 3 is 2.60 bits per heavy atom. The normalized spacial score (nSPS) is 12.3.